The van der Waals surface area contributed by atoms with Gasteiger partial charge in [0.05, 0.1) is 25.4 Å². The minimum absolute atomic E-state index is 0.155. The van der Waals surface area contributed by atoms with Crippen LogP contribution in [0.15, 0.2) is 122 Å². The average molecular weight is 1130 g/mol. The van der Waals surface area contributed by atoms with Gasteiger partial charge in [0, 0.05) is 6.42 Å². The van der Waals surface area contributed by atoms with Gasteiger partial charge in [-0.25, -0.2) is 0 Å². The minimum atomic E-state index is -1.57. The van der Waals surface area contributed by atoms with Crippen molar-refractivity contribution in [2.24, 2.45) is 0 Å². The number of allylic oxidation sites excluding steroid dienone is 20. The van der Waals surface area contributed by atoms with Crippen LogP contribution in [-0.2, 0) is 14.3 Å². The van der Waals surface area contributed by atoms with Crippen LogP contribution in [0.1, 0.15) is 271 Å². The second kappa shape index (κ2) is 59.7. The molecule has 1 aliphatic rings. The Kier molecular flexibility index (Phi) is 55.8. The van der Waals surface area contributed by atoms with Crippen molar-refractivity contribution >= 4 is 5.91 Å². The first kappa shape index (κ1) is 75.6. The molecule has 1 fully saturated rings. The first-order chi connectivity index (χ1) is 39.8. The average Bonchev–Trinajstić information content (AvgIpc) is 3.48. The quantitative estimate of drug-likeness (QED) is 0.0261. The third-order valence-electron chi connectivity index (χ3n) is 15.1. The fraction of sp³-hybridized carbons (Fsp3) is 0.708. The van der Waals surface area contributed by atoms with Crippen molar-refractivity contribution in [1.82, 2.24) is 5.32 Å². The molecular weight excluding hydrogens is 1010 g/mol. The van der Waals surface area contributed by atoms with Crippen molar-refractivity contribution in [1.29, 1.82) is 0 Å². The van der Waals surface area contributed by atoms with Gasteiger partial charge in [0.2, 0.25) is 5.91 Å². The van der Waals surface area contributed by atoms with Gasteiger partial charge in [-0.15, -0.1) is 0 Å². The highest BCUT2D eigenvalue weighted by Crippen LogP contribution is 2.23. The van der Waals surface area contributed by atoms with Crippen LogP contribution in [0.5, 0.6) is 0 Å². The lowest BCUT2D eigenvalue weighted by atomic mass is 9.99. The minimum Gasteiger partial charge on any atom is -0.394 e. The Morgan fingerprint density at radius 1 is 0.432 bits per heavy atom. The van der Waals surface area contributed by atoms with Crippen LogP contribution in [0, 0.1) is 0 Å². The van der Waals surface area contributed by atoms with E-state index in [2.05, 4.69) is 141 Å². The van der Waals surface area contributed by atoms with Crippen LogP contribution >= 0.6 is 0 Å². The maximum Gasteiger partial charge on any atom is 0.220 e. The molecule has 1 heterocycles. The van der Waals surface area contributed by atoms with E-state index in [-0.39, 0.29) is 12.5 Å². The molecule has 0 aromatic rings. The third-order valence-corrected chi connectivity index (χ3v) is 15.1. The van der Waals surface area contributed by atoms with E-state index >= 15 is 0 Å². The smallest absolute Gasteiger partial charge is 0.220 e. The molecule has 6 N–H and O–H groups in total. The van der Waals surface area contributed by atoms with E-state index < -0.39 is 49.5 Å². The van der Waals surface area contributed by atoms with Gasteiger partial charge in [-0.3, -0.25) is 4.79 Å². The Labute approximate surface area is 497 Å². The second-order valence-corrected chi connectivity index (χ2v) is 22.5. The predicted molar refractivity (Wildman–Crippen MR) is 345 cm³/mol. The largest absolute Gasteiger partial charge is 0.394 e. The lowest BCUT2D eigenvalue weighted by Crippen LogP contribution is -2.60. The van der Waals surface area contributed by atoms with Crippen LogP contribution < -0.4 is 5.32 Å². The van der Waals surface area contributed by atoms with Crippen molar-refractivity contribution in [2.45, 2.75) is 314 Å². The molecule has 1 aliphatic heterocycles. The normalized spacial score (nSPS) is 19.2. The number of ether oxygens (including phenoxy) is 2. The van der Waals surface area contributed by atoms with E-state index in [1.165, 1.54) is 128 Å². The number of aliphatic hydroxyl groups excluding tert-OH is 5. The van der Waals surface area contributed by atoms with Crippen molar-refractivity contribution < 1.29 is 39.8 Å². The molecule has 0 aliphatic carbocycles. The molecule has 1 amide bonds. The number of carbonyl (C=O) groups is 1. The maximum absolute atomic E-state index is 13.1. The monoisotopic (exact) mass is 1130 g/mol. The number of aliphatic hydroxyl groups is 5. The molecule has 0 aromatic carbocycles. The van der Waals surface area contributed by atoms with Gasteiger partial charge >= 0.3 is 0 Å². The number of amides is 1. The molecule has 0 spiro atoms. The Balaban J connectivity index is 2.20. The van der Waals surface area contributed by atoms with Gasteiger partial charge in [-0.2, -0.15) is 0 Å². The Morgan fingerprint density at radius 2 is 0.765 bits per heavy atom. The summed E-state index contributed by atoms with van der Waals surface area (Å²) in [5.41, 5.74) is 0. The zero-order valence-corrected chi connectivity index (χ0v) is 51.7. The number of rotatable bonds is 56. The number of nitrogens with one attached hydrogen (secondary N) is 1. The summed E-state index contributed by atoms with van der Waals surface area (Å²) in [5, 5.41) is 54.8. The summed E-state index contributed by atoms with van der Waals surface area (Å²) in [6.45, 7) is 3.73. The molecule has 0 aromatic heterocycles. The zero-order chi connectivity index (χ0) is 58.6. The molecule has 0 radical (unpaired) electrons. The number of carbonyl (C=O) groups excluding carboxylic acids is 1. The van der Waals surface area contributed by atoms with Gasteiger partial charge in [-0.05, 0) is 89.9 Å². The molecule has 7 unspecified atom stereocenters. The van der Waals surface area contributed by atoms with Gasteiger partial charge < -0.3 is 40.3 Å². The van der Waals surface area contributed by atoms with E-state index in [0.717, 1.165) is 116 Å². The molecule has 464 valence electrons. The van der Waals surface area contributed by atoms with Crippen LogP contribution in [-0.4, -0.2) is 87.5 Å². The topological polar surface area (TPSA) is 149 Å². The molecule has 0 bridgehead atoms. The fourth-order valence-corrected chi connectivity index (χ4v) is 9.90. The van der Waals surface area contributed by atoms with Crippen molar-refractivity contribution in [3.8, 4) is 0 Å². The highest BCUT2D eigenvalue weighted by Gasteiger charge is 2.44. The molecule has 7 atom stereocenters. The molecular formula is C72H123NO8. The van der Waals surface area contributed by atoms with Crippen molar-refractivity contribution in [3.05, 3.63) is 122 Å². The Hall–Kier alpha value is -3.41. The van der Waals surface area contributed by atoms with E-state index in [9.17, 15) is 30.3 Å². The summed E-state index contributed by atoms with van der Waals surface area (Å²) in [6, 6.07) is -0.743. The number of hydrogen-bond acceptors (Lipinski definition) is 8. The SMILES string of the molecule is CC/C=C\C/C=C\C/C=C\C/C=C\C/C=C\C/C=C\C/C=C\C/C=C\C/C=C\C/C=C\CCCCCCC(=O)NC(COC1OC(CO)C(O)C(O)C1O)C(O)CCCCCCCCCCCCCCCCCCCCCCCCC. The molecule has 1 saturated heterocycles. The summed E-state index contributed by atoms with van der Waals surface area (Å²) in [4.78, 5) is 13.1. The number of unbranched alkanes of at least 4 members (excludes halogenated alkanes) is 26. The highest BCUT2D eigenvalue weighted by atomic mass is 16.7. The summed E-state index contributed by atoms with van der Waals surface area (Å²) in [6.07, 6.45) is 82.4. The lowest BCUT2D eigenvalue weighted by molar-refractivity contribution is -0.302. The second-order valence-electron chi connectivity index (χ2n) is 22.5. The van der Waals surface area contributed by atoms with E-state index in [0.29, 0.717) is 12.8 Å². The van der Waals surface area contributed by atoms with Gasteiger partial charge in [0.25, 0.3) is 0 Å². The van der Waals surface area contributed by atoms with Gasteiger partial charge in [0.1, 0.15) is 24.4 Å². The van der Waals surface area contributed by atoms with Crippen molar-refractivity contribution in [2.75, 3.05) is 13.2 Å². The standard InChI is InChI=1S/C72H123NO8/c1-3-5-7-9-11-13-15-17-19-21-23-25-27-28-29-30-31-32-33-34-35-36-37-38-40-42-44-46-48-50-52-54-56-58-60-62-68(76)73-65(64-80-72-71(79)70(78)69(77)67(63-74)81-72)66(75)61-59-57-55-53-51-49-47-45-43-41-39-26-24-22-20-18-16-14-12-10-8-6-4-2/h5,7,11,13,17,19,23,25,28-29,31-32,34-35,37-38,42,44,48,50,65-67,69-72,74-75,77-79H,3-4,6,8-10,12,14-16,18,20-22,24,26-27,30,33,36,39-41,43,45-47,49,51-64H2,1-2H3,(H,73,76)/b7-5-,13-11-,19-17-,25-23-,29-28-,32-31-,35-34-,38-37-,44-42-,50-48-. The van der Waals surface area contributed by atoms with Crippen LogP contribution in [0.2, 0.25) is 0 Å². The molecule has 1 rings (SSSR count). The molecule has 0 saturated carbocycles. The predicted octanol–water partition coefficient (Wildman–Crippen LogP) is 17.9. The molecule has 81 heavy (non-hydrogen) atoms. The van der Waals surface area contributed by atoms with Gasteiger partial charge in [-0.1, -0.05) is 296 Å². The van der Waals surface area contributed by atoms with Crippen molar-refractivity contribution in [3.63, 3.8) is 0 Å². The Bertz CT molecular complexity index is 1690. The Morgan fingerprint density at radius 3 is 1.14 bits per heavy atom. The summed E-state index contributed by atoms with van der Waals surface area (Å²) < 4.78 is 11.3. The summed E-state index contributed by atoms with van der Waals surface area (Å²) >= 11 is 0. The molecule has 9 heteroatoms. The summed E-state index contributed by atoms with van der Waals surface area (Å²) in [5.74, 6) is -0.171. The number of hydrogen-bond donors (Lipinski definition) is 6. The highest BCUT2D eigenvalue weighted by molar-refractivity contribution is 5.76. The van der Waals surface area contributed by atoms with Crippen LogP contribution in [0.4, 0.5) is 0 Å². The van der Waals surface area contributed by atoms with Crippen LogP contribution in [0.25, 0.3) is 0 Å². The van der Waals surface area contributed by atoms with Gasteiger partial charge in [0.15, 0.2) is 6.29 Å². The zero-order valence-electron chi connectivity index (χ0n) is 51.7. The third kappa shape index (κ3) is 48.6. The first-order valence-electron chi connectivity index (χ1n) is 33.2. The first-order valence-corrected chi connectivity index (χ1v) is 33.2. The fourth-order valence-electron chi connectivity index (χ4n) is 9.90. The summed E-state index contributed by atoms with van der Waals surface area (Å²) in [7, 11) is 0. The van der Waals surface area contributed by atoms with E-state index in [1.54, 1.807) is 0 Å². The molecule has 9 nitrogen and oxygen atoms in total. The van der Waals surface area contributed by atoms with Crippen LogP contribution in [0.3, 0.4) is 0 Å². The van der Waals surface area contributed by atoms with E-state index in [4.69, 9.17) is 9.47 Å². The maximum atomic E-state index is 13.1. The van der Waals surface area contributed by atoms with E-state index in [1.807, 2.05) is 0 Å². The lowest BCUT2D eigenvalue weighted by Gasteiger charge is -2.40.